The molecule has 1 aliphatic rings. The second kappa shape index (κ2) is 5.85. The molecule has 1 fully saturated rings. The van der Waals surface area contributed by atoms with Gasteiger partial charge in [0.15, 0.2) is 5.82 Å². The Morgan fingerprint density at radius 3 is 2.95 bits per heavy atom. The molecule has 6 heteroatoms. The zero-order valence-electron chi connectivity index (χ0n) is 13.2. The van der Waals surface area contributed by atoms with E-state index >= 15 is 0 Å². The summed E-state index contributed by atoms with van der Waals surface area (Å²) in [5, 5.41) is 20.4. The van der Waals surface area contributed by atoms with Crippen LogP contribution in [0.2, 0.25) is 0 Å². The van der Waals surface area contributed by atoms with Crippen LogP contribution in [-0.2, 0) is 0 Å². The van der Waals surface area contributed by atoms with Crippen LogP contribution in [0.3, 0.4) is 0 Å². The molecule has 2 atom stereocenters. The van der Waals surface area contributed by atoms with Crippen LogP contribution in [0.1, 0.15) is 32.0 Å². The summed E-state index contributed by atoms with van der Waals surface area (Å²) in [5.74, 6) is 1.57. The zero-order chi connectivity index (χ0) is 15.7. The largest absolute Gasteiger partial charge is 0.396 e. The number of piperidine rings is 1. The molecule has 1 aliphatic heterocycles. The normalized spacial score (nSPS) is 25.8. The molecular weight excluding hydrogens is 280 g/mol. The molecule has 2 aromatic rings. The van der Waals surface area contributed by atoms with E-state index in [0.29, 0.717) is 6.54 Å². The number of hydrogen-bond donors (Lipinski definition) is 3. The van der Waals surface area contributed by atoms with E-state index in [1.165, 1.54) is 0 Å². The van der Waals surface area contributed by atoms with Crippen LogP contribution in [0.4, 0.5) is 5.82 Å². The summed E-state index contributed by atoms with van der Waals surface area (Å²) >= 11 is 0. The first-order valence-electron chi connectivity index (χ1n) is 7.95. The SMILES string of the molecule is CCC[C@]1(CO)CCN(c2nc(C)nc3cc[nH]c23)C[C@H]1O. The predicted octanol–water partition coefficient (Wildman–Crippen LogP) is 1.62. The van der Waals surface area contributed by atoms with E-state index in [9.17, 15) is 10.2 Å². The number of fused-ring (bicyclic) bond motifs is 1. The highest BCUT2D eigenvalue weighted by atomic mass is 16.3. The first kappa shape index (κ1) is 15.2. The number of aryl methyl sites for hydroxylation is 1. The quantitative estimate of drug-likeness (QED) is 0.799. The van der Waals surface area contributed by atoms with E-state index in [4.69, 9.17) is 0 Å². The molecule has 2 aromatic heterocycles. The van der Waals surface area contributed by atoms with Gasteiger partial charge in [0.25, 0.3) is 0 Å². The molecule has 0 radical (unpaired) electrons. The molecule has 120 valence electrons. The molecule has 3 heterocycles. The Balaban J connectivity index is 1.90. The van der Waals surface area contributed by atoms with Gasteiger partial charge in [-0.3, -0.25) is 0 Å². The molecule has 22 heavy (non-hydrogen) atoms. The van der Waals surface area contributed by atoms with E-state index in [2.05, 4.69) is 26.8 Å². The third-order valence-corrected chi connectivity index (χ3v) is 4.84. The number of hydrogen-bond acceptors (Lipinski definition) is 5. The van der Waals surface area contributed by atoms with Crippen molar-refractivity contribution in [3.63, 3.8) is 0 Å². The van der Waals surface area contributed by atoms with Crippen LogP contribution in [0.15, 0.2) is 12.3 Å². The maximum absolute atomic E-state index is 10.6. The number of aliphatic hydroxyl groups is 2. The van der Waals surface area contributed by atoms with Crippen molar-refractivity contribution in [2.75, 3.05) is 24.6 Å². The van der Waals surface area contributed by atoms with Crippen LogP contribution >= 0.6 is 0 Å². The lowest BCUT2D eigenvalue weighted by Gasteiger charge is -2.45. The predicted molar refractivity (Wildman–Crippen MR) is 85.9 cm³/mol. The molecular formula is C16H24N4O2. The van der Waals surface area contributed by atoms with Gasteiger partial charge in [0, 0.05) is 24.7 Å². The molecule has 0 saturated carbocycles. The lowest BCUT2D eigenvalue weighted by Crippen LogP contribution is -2.53. The third kappa shape index (κ3) is 2.46. The monoisotopic (exact) mass is 304 g/mol. The number of nitrogens with zero attached hydrogens (tertiary/aromatic N) is 3. The van der Waals surface area contributed by atoms with Gasteiger partial charge in [0.2, 0.25) is 0 Å². The van der Waals surface area contributed by atoms with Crippen molar-refractivity contribution in [1.29, 1.82) is 0 Å². The van der Waals surface area contributed by atoms with Gasteiger partial charge in [-0.2, -0.15) is 0 Å². The minimum Gasteiger partial charge on any atom is -0.396 e. The van der Waals surface area contributed by atoms with Gasteiger partial charge >= 0.3 is 0 Å². The standard InChI is InChI=1S/C16H24N4O2/c1-3-5-16(10-21)6-8-20(9-13(16)22)15-14-12(4-7-17-14)18-11(2)19-15/h4,7,13,17,21-22H,3,5-6,8-10H2,1-2H3/t13-,16-/m1/s1. The molecule has 0 spiro atoms. The first-order chi connectivity index (χ1) is 10.6. The highest BCUT2D eigenvalue weighted by molar-refractivity contribution is 5.86. The number of rotatable bonds is 4. The minimum atomic E-state index is -0.550. The van der Waals surface area contributed by atoms with Crippen LogP contribution in [-0.4, -0.2) is 51.0 Å². The topological polar surface area (TPSA) is 85.3 Å². The van der Waals surface area contributed by atoms with Crippen LogP contribution in [0.25, 0.3) is 11.0 Å². The van der Waals surface area contributed by atoms with Gasteiger partial charge in [-0.15, -0.1) is 0 Å². The smallest absolute Gasteiger partial charge is 0.156 e. The second-order valence-electron chi connectivity index (χ2n) is 6.31. The third-order valence-electron chi connectivity index (χ3n) is 4.84. The van der Waals surface area contributed by atoms with Crippen molar-refractivity contribution in [3.05, 3.63) is 18.1 Å². The summed E-state index contributed by atoms with van der Waals surface area (Å²) in [6, 6.07) is 1.93. The fourth-order valence-electron chi connectivity index (χ4n) is 3.53. The summed E-state index contributed by atoms with van der Waals surface area (Å²) in [6.45, 7) is 5.28. The van der Waals surface area contributed by atoms with Gasteiger partial charge in [-0.1, -0.05) is 13.3 Å². The second-order valence-corrected chi connectivity index (χ2v) is 6.31. The Morgan fingerprint density at radius 2 is 2.27 bits per heavy atom. The van der Waals surface area contributed by atoms with E-state index < -0.39 is 6.10 Å². The summed E-state index contributed by atoms with van der Waals surface area (Å²) in [5.41, 5.74) is 1.43. The van der Waals surface area contributed by atoms with Gasteiger partial charge in [-0.25, -0.2) is 9.97 Å². The highest BCUT2D eigenvalue weighted by Gasteiger charge is 2.41. The lowest BCUT2D eigenvalue weighted by molar-refractivity contribution is -0.0371. The molecule has 0 bridgehead atoms. The lowest BCUT2D eigenvalue weighted by atomic mass is 9.73. The van der Waals surface area contributed by atoms with E-state index in [0.717, 1.165) is 48.5 Å². The molecule has 3 rings (SSSR count). The molecule has 0 aliphatic carbocycles. The number of H-pyrrole nitrogens is 1. The Kier molecular flexibility index (Phi) is 4.06. The number of aromatic nitrogens is 3. The number of nitrogens with one attached hydrogen (secondary N) is 1. The maximum atomic E-state index is 10.6. The molecule has 6 nitrogen and oxygen atoms in total. The molecule has 0 aromatic carbocycles. The van der Waals surface area contributed by atoms with Crippen LogP contribution in [0, 0.1) is 12.3 Å². The van der Waals surface area contributed by atoms with Gasteiger partial charge in [0.1, 0.15) is 11.3 Å². The summed E-state index contributed by atoms with van der Waals surface area (Å²) in [6.07, 6.45) is 3.89. The van der Waals surface area contributed by atoms with Crippen molar-refractivity contribution in [3.8, 4) is 0 Å². The van der Waals surface area contributed by atoms with E-state index in [1.807, 2.05) is 19.2 Å². The van der Waals surface area contributed by atoms with Crippen molar-refractivity contribution >= 4 is 16.9 Å². The highest BCUT2D eigenvalue weighted by Crippen LogP contribution is 2.38. The van der Waals surface area contributed by atoms with Crippen LogP contribution in [0.5, 0.6) is 0 Å². The fourth-order valence-corrected chi connectivity index (χ4v) is 3.53. The minimum absolute atomic E-state index is 0.0383. The first-order valence-corrected chi connectivity index (χ1v) is 7.95. The Hall–Kier alpha value is -1.66. The van der Waals surface area contributed by atoms with Crippen molar-refractivity contribution in [2.45, 2.75) is 39.2 Å². The van der Waals surface area contributed by atoms with E-state index in [1.54, 1.807) is 0 Å². The maximum Gasteiger partial charge on any atom is 0.156 e. The Labute approximate surface area is 130 Å². The Bertz CT molecular complexity index is 657. The number of aliphatic hydroxyl groups excluding tert-OH is 2. The van der Waals surface area contributed by atoms with Gasteiger partial charge in [0.05, 0.1) is 18.2 Å². The van der Waals surface area contributed by atoms with Crippen molar-refractivity contribution < 1.29 is 10.2 Å². The zero-order valence-corrected chi connectivity index (χ0v) is 13.2. The van der Waals surface area contributed by atoms with Gasteiger partial charge in [-0.05, 0) is 25.8 Å². The van der Waals surface area contributed by atoms with Crippen LogP contribution < -0.4 is 4.90 Å². The number of aromatic amines is 1. The molecule has 1 saturated heterocycles. The van der Waals surface area contributed by atoms with Crippen molar-refractivity contribution in [2.24, 2.45) is 5.41 Å². The summed E-state index contributed by atoms with van der Waals surface area (Å²) < 4.78 is 0. The Morgan fingerprint density at radius 1 is 1.45 bits per heavy atom. The average molecular weight is 304 g/mol. The fraction of sp³-hybridized carbons (Fsp3) is 0.625. The van der Waals surface area contributed by atoms with Crippen molar-refractivity contribution in [1.82, 2.24) is 15.0 Å². The molecule has 3 N–H and O–H groups in total. The van der Waals surface area contributed by atoms with Gasteiger partial charge < -0.3 is 20.1 Å². The number of β-amino-alcohol motifs (C(OH)–C–C–N with tert-alkyl or cyclic N) is 1. The summed E-state index contributed by atoms with van der Waals surface area (Å²) in [7, 11) is 0. The molecule has 0 unspecified atom stereocenters. The average Bonchev–Trinajstić information content (AvgIpc) is 2.97. The number of anilines is 1. The van der Waals surface area contributed by atoms with E-state index in [-0.39, 0.29) is 12.0 Å². The summed E-state index contributed by atoms with van der Waals surface area (Å²) in [4.78, 5) is 14.3. The molecule has 0 amide bonds.